The van der Waals surface area contributed by atoms with E-state index in [1.54, 1.807) is 19.2 Å². The lowest BCUT2D eigenvalue weighted by Crippen LogP contribution is -2.44. The number of ether oxygens (including phenoxy) is 3. The number of benzene rings is 1. The molecule has 1 aromatic rings. The standard InChI is InChI=1S/C15H20BrNO4/c1-3-17-4-5-20-12(8-17)10-21-15-13(16)6-11(9-18)7-14(15)19-2/h6-7,9,12H,3-5,8,10H2,1-2H3. The Hall–Kier alpha value is -1.11. The summed E-state index contributed by atoms with van der Waals surface area (Å²) in [5.74, 6) is 1.13. The molecule has 21 heavy (non-hydrogen) atoms. The van der Waals surface area contributed by atoms with Crippen molar-refractivity contribution >= 4 is 22.2 Å². The first kappa shape index (κ1) is 16.3. The minimum Gasteiger partial charge on any atom is -0.493 e. The maximum absolute atomic E-state index is 10.9. The van der Waals surface area contributed by atoms with E-state index in [1.807, 2.05) is 0 Å². The van der Waals surface area contributed by atoms with Gasteiger partial charge >= 0.3 is 0 Å². The topological polar surface area (TPSA) is 48.0 Å². The van der Waals surface area contributed by atoms with E-state index < -0.39 is 0 Å². The third-order valence-corrected chi connectivity index (χ3v) is 4.06. The Kier molecular flexibility index (Phi) is 6.02. The molecule has 2 rings (SSSR count). The van der Waals surface area contributed by atoms with Crippen molar-refractivity contribution in [2.24, 2.45) is 0 Å². The molecule has 0 aromatic heterocycles. The molecule has 1 saturated heterocycles. The molecule has 6 heteroatoms. The highest BCUT2D eigenvalue weighted by molar-refractivity contribution is 9.10. The zero-order valence-corrected chi connectivity index (χ0v) is 13.9. The Morgan fingerprint density at radius 1 is 1.52 bits per heavy atom. The van der Waals surface area contributed by atoms with Crippen LogP contribution in [-0.4, -0.2) is 57.2 Å². The first-order valence-corrected chi connectivity index (χ1v) is 7.76. The van der Waals surface area contributed by atoms with E-state index in [2.05, 4.69) is 27.8 Å². The van der Waals surface area contributed by atoms with Crippen LogP contribution in [0, 0.1) is 0 Å². The van der Waals surface area contributed by atoms with Gasteiger partial charge in [-0.05, 0) is 34.6 Å². The molecule has 1 aliphatic heterocycles. The number of carbonyl (C=O) groups excluding carboxylic acids is 1. The quantitative estimate of drug-likeness (QED) is 0.731. The Morgan fingerprint density at radius 3 is 3.00 bits per heavy atom. The number of nitrogens with zero attached hydrogens (tertiary/aromatic N) is 1. The number of carbonyl (C=O) groups is 1. The molecule has 5 nitrogen and oxygen atoms in total. The molecule has 1 heterocycles. The third kappa shape index (κ3) is 4.18. The normalized spacial score (nSPS) is 19.3. The summed E-state index contributed by atoms with van der Waals surface area (Å²) in [6.45, 7) is 6.16. The lowest BCUT2D eigenvalue weighted by Gasteiger charge is -2.32. The van der Waals surface area contributed by atoms with Gasteiger partial charge in [0.2, 0.25) is 0 Å². The average Bonchev–Trinajstić information content (AvgIpc) is 2.53. The van der Waals surface area contributed by atoms with E-state index in [1.165, 1.54) is 0 Å². The molecule has 0 bridgehead atoms. The van der Waals surface area contributed by atoms with Crippen LogP contribution in [0.3, 0.4) is 0 Å². The van der Waals surface area contributed by atoms with E-state index in [-0.39, 0.29) is 6.10 Å². The molecule has 0 aliphatic carbocycles. The summed E-state index contributed by atoms with van der Waals surface area (Å²) < 4.78 is 17.5. The van der Waals surface area contributed by atoms with Gasteiger partial charge in [-0.25, -0.2) is 0 Å². The molecule has 116 valence electrons. The number of morpholine rings is 1. The van der Waals surface area contributed by atoms with Gasteiger partial charge in [-0.2, -0.15) is 0 Å². The lowest BCUT2D eigenvalue weighted by molar-refractivity contribution is -0.0467. The van der Waals surface area contributed by atoms with Gasteiger partial charge in [0, 0.05) is 18.7 Å². The summed E-state index contributed by atoms with van der Waals surface area (Å²) in [5, 5.41) is 0. The first-order chi connectivity index (χ1) is 10.2. The fraction of sp³-hybridized carbons (Fsp3) is 0.533. The number of methoxy groups -OCH3 is 1. The number of rotatable bonds is 6. The van der Waals surface area contributed by atoms with Crippen molar-refractivity contribution in [3.05, 3.63) is 22.2 Å². The van der Waals surface area contributed by atoms with Gasteiger partial charge in [0.1, 0.15) is 19.0 Å². The maximum atomic E-state index is 10.9. The van der Waals surface area contributed by atoms with Crippen molar-refractivity contribution in [3.63, 3.8) is 0 Å². The first-order valence-electron chi connectivity index (χ1n) is 6.97. The van der Waals surface area contributed by atoms with Gasteiger partial charge in [-0.1, -0.05) is 6.92 Å². The second-order valence-electron chi connectivity index (χ2n) is 4.85. The number of likely N-dealkylation sites (N-methyl/N-ethyl adjacent to an activating group) is 1. The second kappa shape index (κ2) is 7.77. The molecule has 0 radical (unpaired) electrons. The predicted molar refractivity (Wildman–Crippen MR) is 83.4 cm³/mol. The molecular weight excluding hydrogens is 338 g/mol. The van der Waals surface area contributed by atoms with Crippen LogP contribution in [0.4, 0.5) is 0 Å². The molecule has 1 aromatic carbocycles. The molecule has 1 unspecified atom stereocenters. The highest BCUT2D eigenvalue weighted by Gasteiger charge is 2.21. The fourth-order valence-corrected chi connectivity index (χ4v) is 2.87. The van der Waals surface area contributed by atoms with Crippen molar-refractivity contribution in [1.82, 2.24) is 4.90 Å². The van der Waals surface area contributed by atoms with E-state index in [0.29, 0.717) is 28.1 Å². The van der Waals surface area contributed by atoms with Crippen LogP contribution in [0.2, 0.25) is 0 Å². The Balaban J connectivity index is 2.04. The molecule has 1 atom stereocenters. The summed E-state index contributed by atoms with van der Waals surface area (Å²) in [7, 11) is 1.55. The van der Waals surface area contributed by atoms with E-state index >= 15 is 0 Å². The summed E-state index contributed by atoms with van der Waals surface area (Å²) in [4.78, 5) is 13.2. The summed E-state index contributed by atoms with van der Waals surface area (Å²) >= 11 is 3.42. The van der Waals surface area contributed by atoms with E-state index in [9.17, 15) is 4.79 Å². The van der Waals surface area contributed by atoms with Gasteiger partial charge in [-0.3, -0.25) is 9.69 Å². The minimum absolute atomic E-state index is 0.0426. The van der Waals surface area contributed by atoms with E-state index in [4.69, 9.17) is 14.2 Å². The highest BCUT2D eigenvalue weighted by Crippen LogP contribution is 2.36. The number of hydrogen-bond donors (Lipinski definition) is 0. The molecule has 0 N–H and O–H groups in total. The zero-order chi connectivity index (χ0) is 15.2. The van der Waals surface area contributed by atoms with Gasteiger partial charge in [0.15, 0.2) is 11.5 Å². The molecule has 0 saturated carbocycles. The van der Waals surface area contributed by atoms with Crippen molar-refractivity contribution in [1.29, 1.82) is 0 Å². The van der Waals surface area contributed by atoms with Crippen LogP contribution >= 0.6 is 15.9 Å². The molecular formula is C15H20BrNO4. The van der Waals surface area contributed by atoms with Crippen LogP contribution in [0.25, 0.3) is 0 Å². The number of halogens is 1. The number of hydrogen-bond acceptors (Lipinski definition) is 5. The van der Waals surface area contributed by atoms with Crippen LogP contribution in [0.5, 0.6) is 11.5 Å². The monoisotopic (exact) mass is 357 g/mol. The maximum Gasteiger partial charge on any atom is 0.175 e. The lowest BCUT2D eigenvalue weighted by atomic mass is 10.2. The number of aldehydes is 1. The fourth-order valence-electron chi connectivity index (χ4n) is 2.29. The van der Waals surface area contributed by atoms with Crippen molar-refractivity contribution in [3.8, 4) is 11.5 Å². The molecule has 1 fully saturated rings. The summed E-state index contributed by atoms with van der Waals surface area (Å²) in [5.41, 5.74) is 0.539. The Morgan fingerprint density at radius 2 is 2.33 bits per heavy atom. The summed E-state index contributed by atoms with van der Waals surface area (Å²) in [6, 6.07) is 3.37. The van der Waals surface area contributed by atoms with Crippen LogP contribution in [-0.2, 0) is 4.74 Å². The smallest absolute Gasteiger partial charge is 0.175 e. The van der Waals surface area contributed by atoms with Crippen LogP contribution in [0.1, 0.15) is 17.3 Å². The Bertz CT molecular complexity index is 495. The van der Waals surface area contributed by atoms with Crippen molar-refractivity contribution in [2.45, 2.75) is 13.0 Å². The third-order valence-electron chi connectivity index (χ3n) is 3.47. The predicted octanol–water partition coefficient (Wildman–Crippen LogP) is 2.37. The minimum atomic E-state index is 0.0426. The van der Waals surface area contributed by atoms with Crippen LogP contribution < -0.4 is 9.47 Å². The van der Waals surface area contributed by atoms with E-state index in [0.717, 1.165) is 32.5 Å². The highest BCUT2D eigenvalue weighted by atomic mass is 79.9. The molecule has 1 aliphatic rings. The molecule has 0 amide bonds. The average molecular weight is 358 g/mol. The van der Waals surface area contributed by atoms with Gasteiger partial charge < -0.3 is 14.2 Å². The van der Waals surface area contributed by atoms with Crippen molar-refractivity contribution < 1.29 is 19.0 Å². The van der Waals surface area contributed by atoms with Gasteiger partial charge in [-0.15, -0.1) is 0 Å². The second-order valence-corrected chi connectivity index (χ2v) is 5.70. The van der Waals surface area contributed by atoms with Crippen molar-refractivity contribution in [2.75, 3.05) is 40.0 Å². The van der Waals surface area contributed by atoms with Gasteiger partial charge in [0.05, 0.1) is 18.2 Å². The van der Waals surface area contributed by atoms with Gasteiger partial charge in [0.25, 0.3) is 0 Å². The zero-order valence-electron chi connectivity index (χ0n) is 12.3. The SMILES string of the molecule is CCN1CCOC(COc2c(Br)cc(C=O)cc2OC)C1. The Labute approximate surface area is 133 Å². The van der Waals surface area contributed by atoms with Crippen LogP contribution in [0.15, 0.2) is 16.6 Å². The molecule has 0 spiro atoms. The largest absolute Gasteiger partial charge is 0.493 e. The summed E-state index contributed by atoms with van der Waals surface area (Å²) in [6.07, 6.45) is 0.821.